The minimum Gasteiger partial charge on any atom is -0.478 e. The highest BCUT2D eigenvalue weighted by Gasteiger charge is 2.22. The lowest BCUT2D eigenvalue weighted by molar-refractivity contribution is -0.133. The number of rotatable bonds is 2. The van der Waals surface area contributed by atoms with Gasteiger partial charge in [0.25, 0.3) is 5.91 Å². The van der Waals surface area contributed by atoms with E-state index < -0.39 is 17.9 Å². The third kappa shape index (κ3) is 4.08. The van der Waals surface area contributed by atoms with E-state index in [1.165, 1.54) is 18.7 Å². The normalized spacial score (nSPS) is 16.7. The van der Waals surface area contributed by atoms with Crippen LogP contribution in [0.2, 0.25) is 0 Å². The zero-order valence-electron chi connectivity index (χ0n) is 11.4. The van der Waals surface area contributed by atoms with E-state index >= 15 is 0 Å². The van der Waals surface area contributed by atoms with Crippen LogP contribution < -0.4 is 10.6 Å². The molecular formula is C12H17N3O5. The molecule has 0 spiro atoms. The van der Waals surface area contributed by atoms with E-state index in [2.05, 4.69) is 10.6 Å². The van der Waals surface area contributed by atoms with Crippen LogP contribution in [-0.2, 0) is 14.4 Å². The number of imide groups is 1. The molecule has 1 aliphatic heterocycles. The summed E-state index contributed by atoms with van der Waals surface area (Å²) in [6.45, 7) is 3.30. The maximum Gasteiger partial charge on any atom is 0.331 e. The van der Waals surface area contributed by atoms with E-state index in [0.717, 1.165) is 0 Å². The van der Waals surface area contributed by atoms with Crippen LogP contribution >= 0.6 is 0 Å². The number of amides is 4. The molecule has 8 nitrogen and oxygen atoms in total. The number of hydrogen-bond acceptors (Lipinski definition) is 4. The predicted molar refractivity (Wildman–Crippen MR) is 68.7 cm³/mol. The summed E-state index contributed by atoms with van der Waals surface area (Å²) in [5, 5.41) is 13.5. The number of aliphatic carboxylic acids is 1. The Balaban J connectivity index is 2.70. The molecule has 0 atom stereocenters. The predicted octanol–water partition coefficient (Wildman–Crippen LogP) is -0.534. The smallest absolute Gasteiger partial charge is 0.331 e. The van der Waals surface area contributed by atoms with Gasteiger partial charge in [-0.1, -0.05) is 0 Å². The molecule has 0 aliphatic carbocycles. The van der Waals surface area contributed by atoms with Crippen LogP contribution in [0, 0.1) is 0 Å². The number of carbonyl (C=O) groups excluding carboxylic acids is 3. The van der Waals surface area contributed by atoms with Gasteiger partial charge in [-0.2, -0.15) is 0 Å². The monoisotopic (exact) mass is 283 g/mol. The molecule has 110 valence electrons. The van der Waals surface area contributed by atoms with Gasteiger partial charge in [-0.3, -0.25) is 14.9 Å². The number of hydrogen-bond donors (Lipinski definition) is 3. The van der Waals surface area contributed by atoms with E-state index in [4.69, 9.17) is 5.11 Å². The first-order chi connectivity index (χ1) is 9.32. The molecule has 0 bridgehead atoms. The lowest BCUT2D eigenvalue weighted by Gasteiger charge is -2.19. The lowest BCUT2D eigenvalue weighted by Crippen LogP contribution is -2.46. The molecule has 0 aromatic heterocycles. The first kappa shape index (κ1) is 15.7. The summed E-state index contributed by atoms with van der Waals surface area (Å²) in [7, 11) is 0. The Hall–Kier alpha value is -2.38. The molecule has 0 aromatic carbocycles. The average Bonchev–Trinajstić information content (AvgIpc) is 2.61. The van der Waals surface area contributed by atoms with Crippen LogP contribution in [0.15, 0.2) is 11.1 Å². The van der Waals surface area contributed by atoms with Crippen molar-refractivity contribution in [2.24, 2.45) is 0 Å². The standard InChI is InChI=1S/C12H17N3O5/c1-7(8(2)11(18)19)10(17)14-12(20)15-5-3-4-13-9(16)6-15/h3-6H2,1-2H3,(H,13,16)(H,18,19)(H,14,17,20). The Labute approximate surface area is 115 Å². The topological polar surface area (TPSA) is 116 Å². The summed E-state index contributed by atoms with van der Waals surface area (Å²) in [5.74, 6) is -2.29. The summed E-state index contributed by atoms with van der Waals surface area (Å²) < 4.78 is 0. The van der Waals surface area contributed by atoms with Gasteiger partial charge in [0, 0.05) is 24.2 Å². The molecule has 1 saturated heterocycles. The molecule has 20 heavy (non-hydrogen) atoms. The van der Waals surface area contributed by atoms with E-state index in [1.807, 2.05) is 0 Å². The Bertz CT molecular complexity index is 483. The maximum absolute atomic E-state index is 11.8. The second-order valence-electron chi connectivity index (χ2n) is 4.44. The number of carboxylic acid groups (broad SMARTS) is 1. The molecule has 1 heterocycles. The molecule has 1 fully saturated rings. The highest BCUT2D eigenvalue weighted by Crippen LogP contribution is 2.04. The van der Waals surface area contributed by atoms with Crippen molar-refractivity contribution in [2.45, 2.75) is 20.3 Å². The molecule has 4 amide bonds. The third-order valence-corrected chi connectivity index (χ3v) is 2.99. The van der Waals surface area contributed by atoms with Crippen molar-refractivity contribution in [3.8, 4) is 0 Å². The van der Waals surface area contributed by atoms with E-state index in [-0.39, 0.29) is 23.6 Å². The van der Waals surface area contributed by atoms with Gasteiger partial charge in [0.15, 0.2) is 0 Å². The summed E-state index contributed by atoms with van der Waals surface area (Å²) in [6.07, 6.45) is 0.594. The van der Waals surface area contributed by atoms with Gasteiger partial charge < -0.3 is 15.3 Å². The number of carboxylic acids is 1. The number of nitrogens with one attached hydrogen (secondary N) is 2. The first-order valence-electron chi connectivity index (χ1n) is 6.10. The molecule has 8 heteroatoms. The molecule has 1 rings (SSSR count). The van der Waals surface area contributed by atoms with Crippen molar-refractivity contribution in [3.05, 3.63) is 11.1 Å². The third-order valence-electron chi connectivity index (χ3n) is 2.99. The fraction of sp³-hybridized carbons (Fsp3) is 0.500. The number of urea groups is 1. The van der Waals surface area contributed by atoms with Gasteiger partial charge >= 0.3 is 12.0 Å². The maximum atomic E-state index is 11.8. The van der Waals surface area contributed by atoms with Crippen LogP contribution in [0.1, 0.15) is 20.3 Å². The summed E-state index contributed by atoms with van der Waals surface area (Å²) in [4.78, 5) is 46.8. The molecule has 0 unspecified atom stereocenters. The van der Waals surface area contributed by atoms with E-state index in [0.29, 0.717) is 19.5 Å². The Morgan fingerprint density at radius 3 is 2.50 bits per heavy atom. The summed E-state index contributed by atoms with van der Waals surface area (Å²) in [5.41, 5.74) is -0.186. The van der Waals surface area contributed by atoms with Crippen LogP contribution in [0.5, 0.6) is 0 Å². The van der Waals surface area contributed by atoms with Gasteiger partial charge in [0.2, 0.25) is 5.91 Å². The molecule has 0 aromatic rings. The van der Waals surface area contributed by atoms with Crippen LogP contribution in [0.3, 0.4) is 0 Å². The molecule has 0 radical (unpaired) electrons. The zero-order valence-corrected chi connectivity index (χ0v) is 11.4. The van der Waals surface area contributed by atoms with Crippen molar-refractivity contribution < 1.29 is 24.3 Å². The SMILES string of the molecule is CC(C(=O)O)=C(C)C(=O)NC(=O)N1CCCNC(=O)C1. The van der Waals surface area contributed by atoms with Gasteiger partial charge in [-0.15, -0.1) is 0 Å². The van der Waals surface area contributed by atoms with Gasteiger partial charge in [0.1, 0.15) is 6.54 Å². The fourth-order valence-corrected chi connectivity index (χ4v) is 1.58. The second kappa shape index (κ2) is 6.69. The van der Waals surface area contributed by atoms with Crippen molar-refractivity contribution in [2.75, 3.05) is 19.6 Å². The van der Waals surface area contributed by atoms with Crippen molar-refractivity contribution in [3.63, 3.8) is 0 Å². The number of carbonyl (C=O) groups is 4. The summed E-state index contributed by atoms with van der Waals surface area (Å²) >= 11 is 0. The quantitative estimate of drug-likeness (QED) is 0.589. The Morgan fingerprint density at radius 1 is 1.25 bits per heavy atom. The Kier molecular flexibility index (Phi) is 5.24. The highest BCUT2D eigenvalue weighted by molar-refractivity contribution is 6.07. The lowest BCUT2D eigenvalue weighted by atomic mass is 10.1. The average molecular weight is 283 g/mol. The van der Waals surface area contributed by atoms with Gasteiger partial charge in [-0.25, -0.2) is 9.59 Å². The minimum absolute atomic E-state index is 0.0508. The number of nitrogens with zero attached hydrogens (tertiary/aromatic N) is 1. The minimum atomic E-state index is -1.22. The van der Waals surface area contributed by atoms with Crippen molar-refractivity contribution in [1.82, 2.24) is 15.5 Å². The van der Waals surface area contributed by atoms with Crippen LogP contribution in [0.4, 0.5) is 4.79 Å². The van der Waals surface area contributed by atoms with Crippen LogP contribution in [-0.4, -0.2) is 53.5 Å². The van der Waals surface area contributed by atoms with E-state index in [1.54, 1.807) is 0 Å². The highest BCUT2D eigenvalue weighted by atomic mass is 16.4. The van der Waals surface area contributed by atoms with Crippen LogP contribution in [0.25, 0.3) is 0 Å². The van der Waals surface area contributed by atoms with E-state index in [9.17, 15) is 19.2 Å². The molecule has 1 aliphatic rings. The molecule has 3 N–H and O–H groups in total. The zero-order chi connectivity index (χ0) is 15.3. The second-order valence-corrected chi connectivity index (χ2v) is 4.44. The van der Waals surface area contributed by atoms with Gasteiger partial charge in [0.05, 0.1) is 0 Å². The van der Waals surface area contributed by atoms with Crippen molar-refractivity contribution in [1.29, 1.82) is 0 Å². The fourth-order valence-electron chi connectivity index (χ4n) is 1.58. The largest absolute Gasteiger partial charge is 0.478 e. The first-order valence-corrected chi connectivity index (χ1v) is 6.10. The Morgan fingerprint density at radius 2 is 1.90 bits per heavy atom. The summed E-state index contributed by atoms with van der Waals surface area (Å²) in [6, 6.07) is -0.704. The molecule has 0 saturated carbocycles. The molecular weight excluding hydrogens is 266 g/mol. The van der Waals surface area contributed by atoms with Gasteiger partial charge in [-0.05, 0) is 20.3 Å². The van der Waals surface area contributed by atoms with Crippen molar-refractivity contribution >= 4 is 23.8 Å².